The minimum absolute atomic E-state index is 0.0902. The quantitative estimate of drug-likeness (QED) is 0.527. The monoisotopic (exact) mass is 336 g/mol. The molecule has 0 aromatic rings. The van der Waals surface area contributed by atoms with E-state index in [0.717, 1.165) is 12.8 Å². The fourth-order valence-corrected chi connectivity index (χ4v) is 3.63. The number of rotatable bonds is 5. The molecular weight excluding hydrogens is 308 g/mol. The lowest BCUT2D eigenvalue weighted by atomic mass is 9.63. The second kappa shape index (κ2) is 7.21. The van der Waals surface area contributed by atoms with Gasteiger partial charge in [-0.25, -0.2) is 0 Å². The molecule has 0 amide bonds. The molecular formula is C19H28O5. The van der Waals surface area contributed by atoms with Crippen molar-refractivity contribution in [2.24, 2.45) is 23.2 Å². The Morgan fingerprint density at radius 2 is 2.00 bits per heavy atom. The van der Waals surface area contributed by atoms with Crippen LogP contribution in [-0.4, -0.2) is 39.6 Å². The minimum atomic E-state index is -1.64. The number of carbonyl (C=O) groups is 1. The van der Waals surface area contributed by atoms with Gasteiger partial charge in [0.2, 0.25) is 0 Å². The van der Waals surface area contributed by atoms with Crippen molar-refractivity contribution >= 4 is 5.97 Å². The zero-order valence-corrected chi connectivity index (χ0v) is 14.6. The molecule has 24 heavy (non-hydrogen) atoms. The molecule has 1 aliphatic heterocycles. The summed E-state index contributed by atoms with van der Waals surface area (Å²) < 4.78 is 4.98. The van der Waals surface area contributed by atoms with E-state index in [4.69, 9.17) is 4.74 Å². The molecule has 1 saturated heterocycles. The van der Waals surface area contributed by atoms with Crippen molar-refractivity contribution in [1.29, 1.82) is 0 Å². The van der Waals surface area contributed by atoms with Crippen molar-refractivity contribution in [3.05, 3.63) is 36.6 Å². The second-order valence-corrected chi connectivity index (χ2v) is 7.15. The summed E-state index contributed by atoms with van der Waals surface area (Å²) in [4.78, 5) is 12.4. The molecule has 5 nitrogen and oxygen atoms in total. The third-order valence-corrected chi connectivity index (χ3v) is 5.33. The van der Waals surface area contributed by atoms with E-state index in [-0.39, 0.29) is 5.76 Å². The van der Waals surface area contributed by atoms with Crippen molar-refractivity contribution in [2.45, 2.75) is 51.9 Å². The van der Waals surface area contributed by atoms with E-state index >= 15 is 0 Å². The molecule has 1 aliphatic carbocycles. The molecule has 2 aliphatic rings. The van der Waals surface area contributed by atoms with Crippen LogP contribution in [0.25, 0.3) is 0 Å². The lowest BCUT2D eigenvalue weighted by Crippen LogP contribution is -2.57. The first-order valence-corrected chi connectivity index (χ1v) is 8.57. The average molecular weight is 336 g/mol. The minimum Gasteiger partial charge on any atom is -0.428 e. The maximum Gasteiger partial charge on any atom is 0.324 e. The Bertz CT molecular complexity index is 552. The number of aliphatic hydroxyl groups excluding tert-OH is 3. The second-order valence-electron chi connectivity index (χ2n) is 7.15. The molecule has 0 saturated carbocycles. The van der Waals surface area contributed by atoms with Crippen molar-refractivity contribution < 1.29 is 24.9 Å². The Labute approximate surface area is 143 Å². The number of ether oxygens (including phenoxy) is 1. The molecule has 7 atom stereocenters. The van der Waals surface area contributed by atoms with Gasteiger partial charge in [0.15, 0.2) is 0 Å². The van der Waals surface area contributed by atoms with Gasteiger partial charge in [-0.3, -0.25) is 4.79 Å². The standard InChI is InChI=1S/C19H28O5/c1-5-11(2)10-12(3)6-7-14-8-9-15(20)17(22)19(14)16(21)13(4)24-18(19)23/h6-9,11-12,14-17,20-22H,4-5,10H2,1-3H3/b7-6+/t11-,12+,14-,15-,16+,17+,19+/m1/s1. The smallest absolute Gasteiger partial charge is 0.324 e. The first-order chi connectivity index (χ1) is 11.2. The SMILES string of the molecule is C=C1OC(=O)[C@@]2([C@H](/C=C/[C@H](C)C[C@H](C)CC)C=C[C@@H](O)[C@@H]2O)[C@H]1O. The summed E-state index contributed by atoms with van der Waals surface area (Å²) in [6.07, 6.45) is 4.97. The molecule has 3 N–H and O–H groups in total. The predicted octanol–water partition coefficient (Wildman–Crippen LogP) is 1.94. The summed E-state index contributed by atoms with van der Waals surface area (Å²) in [7, 11) is 0. The largest absolute Gasteiger partial charge is 0.428 e. The highest BCUT2D eigenvalue weighted by molar-refractivity contribution is 5.84. The molecule has 5 heteroatoms. The molecule has 0 bridgehead atoms. The summed E-state index contributed by atoms with van der Waals surface area (Å²) in [5.74, 6) is -0.522. The third-order valence-electron chi connectivity index (χ3n) is 5.33. The van der Waals surface area contributed by atoms with Crippen molar-refractivity contribution in [3.63, 3.8) is 0 Å². The number of esters is 1. The van der Waals surface area contributed by atoms with Gasteiger partial charge < -0.3 is 20.1 Å². The number of aliphatic hydroxyl groups is 3. The first-order valence-electron chi connectivity index (χ1n) is 8.57. The van der Waals surface area contributed by atoms with Gasteiger partial charge in [-0.2, -0.15) is 0 Å². The normalized spacial score (nSPS) is 38.8. The maximum atomic E-state index is 12.4. The summed E-state index contributed by atoms with van der Waals surface area (Å²) in [5.41, 5.74) is -1.64. The van der Waals surface area contributed by atoms with Crippen molar-refractivity contribution in [3.8, 4) is 0 Å². The Morgan fingerprint density at radius 1 is 1.33 bits per heavy atom. The van der Waals surface area contributed by atoms with E-state index in [2.05, 4.69) is 27.4 Å². The van der Waals surface area contributed by atoms with Crippen molar-refractivity contribution in [1.82, 2.24) is 0 Å². The van der Waals surface area contributed by atoms with Crippen LogP contribution in [0, 0.1) is 23.2 Å². The first kappa shape index (κ1) is 18.9. The molecule has 2 rings (SSSR count). The number of allylic oxidation sites excluding steroid dienone is 3. The Hall–Kier alpha value is -1.43. The van der Waals surface area contributed by atoms with Gasteiger partial charge >= 0.3 is 5.97 Å². The Kier molecular flexibility index (Phi) is 5.68. The molecule has 1 fully saturated rings. The summed E-state index contributed by atoms with van der Waals surface area (Å²) in [6, 6.07) is 0. The summed E-state index contributed by atoms with van der Waals surface area (Å²) >= 11 is 0. The molecule has 0 aromatic heterocycles. The molecule has 0 radical (unpaired) electrons. The Balaban J connectivity index is 2.31. The fraction of sp³-hybridized carbons (Fsp3) is 0.632. The van der Waals surface area contributed by atoms with E-state index in [9.17, 15) is 20.1 Å². The van der Waals surface area contributed by atoms with Crippen LogP contribution in [0.5, 0.6) is 0 Å². The van der Waals surface area contributed by atoms with E-state index in [0.29, 0.717) is 11.8 Å². The molecule has 1 spiro atoms. The summed E-state index contributed by atoms with van der Waals surface area (Å²) in [5, 5.41) is 30.9. The van der Waals surface area contributed by atoms with Crippen LogP contribution in [0.4, 0.5) is 0 Å². The van der Waals surface area contributed by atoms with E-state index in [1.807, 2.05) is 12.2 Å². The molecule has 134 valence electrons. The van der Waals surface area contributed by atoms with Gasteiger partial charge in [-0.05, 0) is 18.3 Å². The number of hydrogen-bond donors (Lipinski definition) is 3. The Morgan fingerprint density at radius 3 is 2.54 bits per heavy atom. The lowest BCUT2D eigenvalue weighted by molar-refractivity contribution is -0.164. The number of carbonyl (C=O) groups excluding carboxylic acids is 1. The van der Waals surface area contributed by atoms with Crippen LogP contribution >= 0.6 is 0 Å². The van der Waals surface area contributed by atoms with Crippen LogP contribution < -0.4 is 0 Å². The van der Waals surface area contributed by atoms with Crippen LogP contribution in [-0.2, 0) is 9.53 Å². The maximum absolute atomic E-state index is 12.4. The van der Waals surface area contributed by atoms with Crippen LogP contribution in [0.3, 0.4) is 0 Å². The lowest BCUT2D eigenvalue weighted by Gasteiger charge is -2.41. The predicted molar refractivity (Wildman–Crippen MR) is 90.7 cm³/mol. The third kappa shape index (κ3) is 3.08. The highest BCUT2D eigenvalue weighted by atomic mass is 16.6. The van der Waals surface area contributed by atoms with E-state index < -0.39 is 35.6 Å². The van der Waals surface area contributed by atoms with Gasteiger partial charge in [0.05, 0.1) is 6.10 Å². The van der Waals surface area contributed by atoms with Crippen molar-refractivity contribution in [2.75, 3.05) is 0 Å². The van der Waals surface area contributed by atoms with E-state index in [1.165, 1.54) is 6.08 Å². The van der Waals surface area contributed by atoms with Gasteiger partial charge in [0.25, 0.3) is 0 Å². The molecule has 0 unspecified atom stereocenters. The van der Waals surface area contributed by atoms with Gasteiger partial charge in [0.1, 0.15) is 23.4 Å². The highest BCUT2D eigenvalue weighted by Crippen LogP contribution is 2.49. The van der Waals surface area contributed by atoms with Gasteiger partial charge in [-0.15, -0.1) is 0 Å². The zero-order chi connectivity index (χ0) is 18.1. The van der Waals surface area contributed by atoms with Crippen LogP contribution in [0.2, 0.25) is 0 Å². The van der Waals surface area contributed by atoms with Crippen LogP contribution in [0.1, 0.15) is 33.6 Å². The zero-order valence-electron chi connectivity index (χ0n) is 14.6. The van der Waals surface area contributed by atoms with Gasteiger partial charge in [-0.1, -0.05) is 58.1 Å². The van der Waals surface area contributed by atoms with Gasteiger partial charge in [0, 0.05) is 5.92 Å². The number of hydrogen-bond acceptors (Lipinski definition) is 5. The molecule has 0 aromatic carbocycles. The molecule has 1 heterocycles. The fourth-order valence-electron chi connectivity index (χ4n) is 3.63. The number of cyclic esters (lactones) is 1. The topological polar surface area (TPSA) is 87.0 Å². The highest BCUT2D eigenvalue weighted by Gasteiger charge is 2.64. The average Bonchev–Trinajstić information content (AvgIpc) is 2.76. The summed E-state index contributed by atoms with van der Waals surface area (Å²) in [6.45, 7) is 9.97. The van der Waals surface area contributed by atoms with Crippen LogP contribution in [0.15, 0.2) is 36.6 Å². The van der Waals surface area contributed by atoms with E-state index in [1.54, 1.807) is 6.08 Å².